The van der Waals surface area contributed by atoms with Gasteiger partial charge in [-0.15, -0.1) is 11.3 Å². The highest BCUT2D eigenvalue weighted by Crippen LogP contribution is 2.31. The van der Waals surface area contributed by atoms with Gasteiger partial charge in [-0.3, -0.25) is 10.1 Å². The summed E-state index contributed by atoms with van der Waals surface area (Å²) >= 11 is 7.36. The van der Waals surface area contributed by atoms with Crippen molar-refractivity contribution in [3.05, 3.63) is 64.0 Å². The van der Waals surface area contributed by atoms with Gasteiger partial charge in [0, 0.05) is 21.5 Å². The normalized spacial score (nSPS) is 10.9. The van der Waals surface area contributed by atoms with Gasteiger partial charge in [0.1, 0.15) is 0 Å². The number of nitrogens with one attached hydrogen (secondary N) is 1. The molecule has 3 aromatic rings. The lowest BCUT2D eigenvalue weighted by molar-refractivity contribution is -0.111. The van der Waals surface area contributed by atoms with Crippen LogP contribution in [0, 0.1) is 6.92 Å². The van der Waals surface area contributed by atoms with Crippen LogP contribution in [0.3, 0.4) is 0 Å². The third-order valence-electron chi connectivity index (χ3n) is 3.98. The highest BCUT2D eigenvalue weighted by Gasteiger charge is 2.11. The number of carbonyl (C=O) groups is 1. The Morgan fingerprint density at radius 1 is 1.11 bits per heavy atom. The van der Waals surface area contributed by atoms with E-state index in [1.165, 1.54) is 17.4 Å². The van der Waals surface area contributed by atoms with Crippen molar-refractivity contribution in [2.24, 2.45) is 0 Å². The second kappa shape index (κ2) is 8.91. The van der Waals surface area contributed by atoms with E-state index < -0.39 is 0 Å². The predicted octanol–water partition coefficient (Wildman–Crippen LogP) is 5.44. The highest BCUT2D eigenvalue weighted by molar-refractivity contribution is 7.16. The van der Waals surface area contributed by atoms with Gasteiger partial charge in [-0.1, -0.05) is 29.8 Å². The Labute approximate surface area is 172 Å². The molecule has 0 aliphatic carbocycles. The molecule has 0 spiro atoms. The standard InChI is InChI=1S/C21H19ClN2O3S/c1-13-20(15-6-8-16(22)9-7-15)24-21(28-13)23-19(25)11-5-14-4-10-17(26-2)18(12-14)27-3/h4-12H,1-3H3,(H,23,24,25)/b11-5+. The second-order valence-electron chi connectivity index (χ2n) is 5.87. The quantitative estimate of drug-likeness (QED) is 0.545. The molecule has 2 aromatic carbocycles. The molecule has 5 nitrogen and oxygen atoms in total. The number of rotatable bonds is 6. The number of aryl methyl sites for hydroxylation is 1. The first-order valence-electron chi connectivity index (χ1n) is 8.44. The van der Waals surface area contributed by atoms with Crippen molar-refractivity contribution in [2.75, 3.05) is 19.5 Å². The van der Waals surface area contributed by atoms with Gasteiger partial charge in [0.05, 0.1) is 19.9 Å². The van der Waals surface area contributed by atoms with Crippen molar-refractivity contribution < 1.29 is 14.3 Å². The summed E-state index contributed by atoms with van der Waals surface area (Å²) < 4.78 is 10.5. The van der Waals surface area contributed by atoms with Gasteiger partial charge in [-0.05, 0) is 42.8 Å². The average molecular weight is 415 g/mol. The Morgan fingerprint density at radius 3 is 2.50 bits per heavy atom. The van der Waals surface area contributed by atoms with Crippen LogP contribution in [0.25, 0.3) is 17.3 Å². The number of anilines is 1. The molecular weight excluding hydrogens is 396 g/mol. The van der Waals surface area contributed by atoms with E-state index in [1.807, 2.05) is 37.3 Å². The Kier molecular flexibility index (Phi) is 6.34. The van der Waals surface area contributed by atoms with Crippen LogP contribution < -0.4 is 14.8 Å². The van der Waals surface area contributed by atoms with Crippen LogP contribution in [-0.4, -0.2) is 25.1 Å². The molecule has 0 saturated carbocycles. The van der Waals surface area contributed by atoms with Crippen LogP contribution in [0.1, 0.15) is 10.4 Å². The summed E-state index contributed by atoms with van der Waals surface area (Å²) in [6, 6.07) is 12.9. The molecule has 1 amide bonds. The van der Waals surface area contributed by atoms with E-state index in [9.17, 15) is 4.79 Å². The monoisotopic (exact) mass is 414 g/mol. The van der Waals surface area contributed by atoms with Gasteiger partial charge in [0.25, 0.3) is 0 Å². The summed E-state index contributed by atoms with van der Waals surface area (Å²) in [6.45, 7) is 1.97. The van der Waals surface area contributed by atoms with Crippen molar-refractivity contribution in [3.63, 3.8) is 0 Å². The minimum absolute atomic E-state index is 0.258. The zero-order valence-corrected chi connectivity index (χ0v) is 17.2. The molecule has 0 saturated heterocycles. The molecule has 0 unspecified atom stereocenters. The molecule has 1 N–H and O–H groups in total. The van der Waals surface area contributed by atoms with Crippen LogP contribution in [0.2, 0.25) is 5.02 Å². The third-order valence-corrected chi connectivity index (χ3v) is 5.12. The molecule has 0 aliphatic heterocycles. The molecule has 3 rings (SSSR count). The number of benzene rings is 2. The van der Waals surface area contributed by atoms with Crippen molar-refractivity contribution in [1.82, 2.24) is 4.98 Å². The number of aromatic nitrogens is 1. The van der Waals surface area contributed by atoms with E-state index in [1.54, 1.807) is 32.4 Å². The zero-order chi connectivity index (χ0) is 20.1. The van der Waals surface area contributed by atoms with Crippen molar-refractivity contribution in [3.8, 4) is 22.8 Å². The van der Waals surface area contributed by atoms with E-state index in [0.717, 1.165) is 21.7 Å². The molecule has 0 aliphatic rings. The summed E-state index contributed by atoms with van der Waals surface area (Å²) in [6.07, 6.45) is 3.16. The molecule has 0 atom stereocenters. The fraction of sp³-hybridized carbons (Fsp3) is 0.143. The SMILES string of the molecule is COc1ccc(/C=C/C(=O)Nc2nc(-c3ccc(Cl)cc3)c(C)s2)cc1OC. The Morgan fingerprint density at radius 2 is 1.82 bits per heavy atom. The maximum absolute atomic E-state index is 12.3. The lowest BCUT2D eigenvalue weighted by atomic mass is 10.1. The van der Waals surface area contributed by atoms with E-state index in [0.29, 0.717) is 21.7 Å². The molecule has 28 heavy (non-hydrogen) atoms. The van der Waals surface area contributed by atoms with Gasteiger partial charge in [0.15, 0.2) is 16.6 Å². The Hall–Kier alpha value is -2.83. The fourth-order valence-electron chi connectivity index (χ4n) is 2.60. The van der Waals surface area contributed by atoms with E-state index in [2.05, 4.69) is 10.3 Å². The van der Waals surface area contributed by atoms with E-state index in [-0.39, 0.29) is 5.91 Å². The number of halogens is 1. The summed E-state index contributed by atoms with van der Waals surface area (Å²) in [5.41, 5.74) is 2.62. The van der Waals surface area contributed by atoms with Gasteiger partial charge in [-0.25, -0.2) is 4.98 Å². The summed E-state index contributed by atoms with van der Waals surface area (Å²) in [5, 5.41) is 4.02. The maximum atomic E-state index is 12.3. The van der Waals surface area contributed by atoms with Crippen molar-refractivity contribution in [2.45, 2.75) is 6.92 Å². The molecule has 0 fully saturated rings. The van der Waals surface area contributed by atoms with E-state index >= 15 is 0 Å². The fourth-order valence-corrected chi connectivity index (χ4v) is 3.57. The average Bonchev–Trinajstić information content (AvgIpc) is 3.06. The van der Waals surface area contributed by atoms with Gasteiger partial charge in [-0.2, -0.15) is 0 Å². The lowest BCUT2D eigenvalue weighted by Gasteiger charge is -2.07. The van der Waals surface area contributed by atoms with Crippen LogP contribution in [-0.2, 0) is 4.79 Å². The number of carbonyl (C=O) groups excluding carboxylic acids is 1. The van der Waals surface area contributed by atoms with Crippen LogP contribution in [0.15, 0.2) is 48.5 Å². The number of methoxy groups -OCH3 is 2. The predicted molar refractivity (Wildman–Crippen MR) is 115 cm³/mol. The number of hydrogen-bond acceptors (Lipinski definition) is 5. The van der Waals surface area contributed by atoms with Gasteiger partial charge in [0.2, 0.25) is 5.91 Å². The Balaban J connectivity index is 1.71. The molecule has 1 heterocycles. The topological polar surface area (TPSA) is 60.5 Å². The Bertz CT molecular complexity index is 1010. The number of thiazole rings is 1. The molecule has 7 heteroatoms. The molecule has 1 aromatic heterocycles. The summed E-state index contributed by atoms with van der Waals surface area (Å²) in [4.78, 5) is 17.8. The number of nitrogens with zero attached hydrogens (tertiary/aromatic N) is 1. The number of ether oxygens (including phenoxy) is 2. The van der Waals surface area contributed by atoms with Gasteiger partial charge >= 0.3 is 0 Å². The molecule has 0 radical (unpaired) electrons. The van der Waals surface area contributed by atoms with Gasteiger partial charge < -0.3 is 9.47 Å². The summed E-state index contributed by atoms with van der Waals surface area (Å²) in [5.74, 6) is 0.983. The maximum Gasteiger partial charge on any atom is 0.250 e. The van der Waals surface area contributed by atoms with Crippen LogP contribution in [0.5, 0.6) is 11.5 Å². The molecular formula is C21H19ClN2O3S. The van der Waals surface area contributed by atoms with Crippen LogP contribution in [0.4, 0.5) is 5.13 Å². The highest BCUT2D eigenvalue weighted by atomic mass is 35.5. The first-order valence-corrected chi connectivity index (χ1v) is 9.64. The number of hydrogen-bond donors (Lipinski definition) is 1. The van der Waals surface area contributed by atoms with Crippen molar-refractivity contribution in [1.29, 1.82) is 0 Å². The lowest BCUT2D eigenvalue weighted by Crippen LogP contribution is -2.07. The largest absolute Gasteiger partial charge is 0.493 e. The number of amides is 1. The first-order chi connectivity index (χ1) is 13.5. The smallest absolute Gasteiger partial charge is 0.250 e. The summed E-state index contributed by atoms with van der Waals surface area (Å²) in [7, 11) is 3.15. The first kappa shape index (κ1) is 19.9. The molecule has 0 bridgehead atoms. The zero-order valence-electron chi connectivity index (χ0n) is 15.7. The van der Waals surface area contributed by atoms with Crippen molar-refractivity contribution >= 4 is 40.1 Å². The van der Waals surface area contributed by atoms with E-state index in [4.69, 9.17) is 21.1 Å². The minimum Gasteiger partial charge on any atom is -0.493 e. The van der Waals surface area contributed by atoms with Crippen LogP contribution >= 0.6 is 22.9 Å². The minimum atomic E-state index is -0.258. The molecule has 144 valence electrons. The second-order valence-corrected chi connectivity index (χ2v) is 7.51. The third kappa shape index (κ3) is 4.71.